The second kappa shape index (κ2) is 8.70. The van der Waals surface area contributed by atoms with Crippen molar-refractivity contribution in [1.29, 1.82) is 0 Å². The van der Waals surface area contributed by atoms with Crippen molar-refractivity contribution in [3.8, 4) is 22.3 Å². The Balaban J connectivity index is 1.81. The summed E-state index contributed by atoms with van der Waals surface area (Å²) >= 11 is 0. The van der Waals surface area contributed by atoms with Crippen LogP contribution in [0.5, 0.6) is 0 Å². The lowest BCUT2D eigenvalue weighted by molar-refractivity contribution is 0.0947. The number of rotatable bonds is 7. The lowest BCUT2D eigenvalue weighted by Gasteiger charge is -2.26. The van der Waals surface area contributed by atoms with Gasteiger partial charge in [-0.2, -0.15) is 5.10 Å². The standard InChI is InChI=1S/C24H28FN5O2/c1-14-7-22(25)21(24(32)28-18-5-6-18)9-19(14)16-8-20(17-11-27-29(3)12-17)23(26-10-16)30(4)15(2)13-31/h7-12,15,18,31H,5-6,13H2,1-4H3,(H,28,32)/t15-/m0/s1. The molecule has 1 saturated carbocycles. The zero-order valence-electron chi connectivity index (χ0n) is 18.8. The molecule has 0 saturated heterocycles. The van der Waals surface area contributed by atoms with E-state index in [2.05, 4.69) is 15.4 Å². The Kier molecular flexibility index (Phi) is 5.97. The molecular formula is C24H28FN5O2. The van der Waals surface area contributed by atoms with Gasteiger partial charge in [-0.05, 0) is 56.0 Å². The van der Waals surface area contributed by atoms with Crippen molar-refractivity contribution in [1.82, 2.24) is 20.1 Å². The summed E-state index contributed by atoms with van der Waals surface area (Å²) in [5.41, 5.74) is 3.99. The van der Waals surface area contributed by atoms with Gasteiger partial charge in [-0.3, -0.25) is 9.48 Å². The Morgan fingerprint density at radius 3 is 2.66 bits per heavy atom. The Hall–Kier alpha value is -3.26. The first-order valence-corrected chi connectivity index (χ1v) is 10.7. The summed E-state index contributed by atoms with van der Waals surface area (Å²) in [7, 11) is 3.72. The lowest BCUT2D eigenvalue weighted by Crippen LogP contribution is -2.32. The first-order valence-electron chi connectivity index (χ1n) is 10.7. The molecule has 1 fully saturated rings. The van der Waals surface area contributed by atoms with E-state index in [9.17, 15) is 14.3 Å². The second-order valence-corrected chi connectivity index (χ2v) is 8.54. The van der Waals surface area contributed by atoms with Crippen LogP contribution >= 0.6 is 0 Å². The lowest BCUT2D eigenvalue weighted by atomic mass is 9.96. The van der Waals surface area contributed by atoms with E-state index in [1.165, 1.54) is 6.07 Å². The highest BCUT2D eigenvalue weighted by molar-refractivity contribution is 5.96. The highest BCUT2D eigenvalue weighted by atomic mass is 19.1. The molecule has 7 nitrogen and oxygen atoms in total. The van der Waals surface area contributed by atoms with Crippen LogP contribution in [0.3, 0.4) is 0 Å². The van der Waals surface area contributed by atoms with Crippen LogP contribution in [0.15, 0.2) is 36.8 Å². The molecule has 2 aromatic heterocycles. The third-order valence-electron chi connectivity index (χ3n) is 5.92. The number of carbonyl (C=O) groups excluding carboxylic acids is 1. The van der Waals surface area contributed by atoms with Gasteiger partial charge in [-0.25, -0.2) is 9.37 Å². The molecule has 1 amide bonds. The molecule has 3 aromatic rings. The number of hydrogen-bond acceptors (Lipinski definition) is 5. The van der Waals surface area contributed by atoms with E-state index in [0.717, 1.165) is 35.1 Å². The summed E-state index contributed by atoms with van der Waals surface area (Å²) in [6, 6.07) is 4.99. The number of aryl methyl sites for hydroxylation is 2. The minimum Gasteiger partial charge on any atom is -0.394 e. The van der Waals surface area contributed by atoms with E-state index in [1.807, 2.05) is 45.1 Å². The number of nitrogens with one attached hydrogen (secondary N) is 1. The Labute approximate surface area is 186 Å². The number of likely N-dealkylation sites (N-methyl/N-ethyl adjacent to an activating group) is 1. The molecule has 0 radical (unpaired) electrons. The molecule has 32 heavy (non-hydrogen) atoms. The zero-order valence-corrected chi connectivity index (χ0v) is 18.8. The first-order chi connectivity index (χ1) is 15.3. The maximum atomic E-state index is 14.6. The van der Waals surface area contributed by atoms with Crippen LogP contribution in [0, 0.1) is 12.7 Å². The van der Waals surface area contributed by atoms with E-state index in [4.69, 9.17) is 0 Å². The third kappa shape index (κ3) is 4.36. The van der Waals surface area contributed by atoms with Crippen molar-refractivity contribution in [2.75, 3.05) is 18.6 Å². The van der Waals surface area contributed by atoms with Crippen molar-refractivity contribution >= 4 is 11.7 Å². The van der Waals surface area contributed by atoms with Crippen LogP contribution < -0.4 is 10.2 Å². The average Bonchev–Trinajstić information content (AvgIpc) is 3.48. The Morgan fingerprint density at radius 1 is 1.28 bits per heavy atom. The molecule has 4 rings (SSSR count). The maximum absolute atomic E-state index is 14.6. The van der Waals surface area contributed by atoms with E-state index >= 15 is 0 Å². The van der Waals surface area contributed by atoms with Crippen LogP contribution in [0.1, 0.15) is 35.7 Å². The summed E-state index contributed by atoms with van der Waals surface area (Å²) in [5, 5.41) is 16.8. The summed E-state index contributed by atoms with van der Waals surface area (Å²) in [5.74, 6) is -0.215. The third-order valence-corrected chi connectivity index (χ3v) is 5.92. The van der Waals surface area contributed by atoms with E-state index < -0.39 is 5.82 Å². The topological polar surface area (TPSA) is 83.3 Å². The molecule has 0 spiro atoms. The number of halogens is 1. The number of aromatic nitrogens is 3. The number of aliphatic hydroxyl groups is 1. The fourth-order valence-electron chi connectivity index (χ4n) is 3.64. The average molecular weight is 438 g/mol. The fraction of sp³-hybridized carbons (Fsp3) is 0.375. The van der Waals surface area contributed by atoms with Gasteiger partial charge in [0.25, 0.3) is 5.91 Å². The number of nitrogens with zero attached hydrogens (tertiary/aromatic N) is 4. The Bertz CT molecular complexity index is 1160. The number of anilines is 1. The van der Waals surface area contributed by atoms with Crippen LogP contribution in [-0.4, -0.2) is 51.5 Å². The van der Waals surface area contributed by atoms with Gasteiger partial charge in [-0.15, -0.1) is 0 Å². The number of hydrogen-bond donors (Lipinski definition) is 2. The van der Waals surface area contributed by atoms with Crippen molar-refractivity contribution in [3.05, 3.63) is 53.7 Å². The molecule has 0 aliphatic heterocycles. The van der Waals surface area contributed by atoms with Gasteiger partial charge in [0, 0.05) is 49.2 Å². The number of pyridine rings is 1. The smallest absolute Gasteiger partial charge is 0.254 e. The van der Waals surface area contributed by atoms with Gasteiger partial charge in [0.1, 0.15) is 11.6 Å². The predicted octanol–water partition coefficient (Wildman–Crippen LogP) is 3.31. The predicted molar refractivity (Wildman–Crippen MR) is 122 cm³/mol. The molecule has 1 aromatic carbocycles. The SMILES string of the molecule is Cc1cc(F)c(C(=O)NC2CC2)cc1-c1cnc(N(C)[C@@H](C)CO)c(-c2cnn(C)c2)c1. The number of benzene rings is 1. The highest BCUT2D eigenvalue weighted by Gasteiger charge is 2.26. The van der Waals surface area contributed by atoms with E-state index in [1.54, 1.807) is 23.1 Å². The summed E-state index contributed by atoms with van der Waals surface area (Å²) in [6.45, 7) is 3.72. The molecular weight excluding hydrogens is 409 g/mol. The molecule has 8 heteroatoms. The monoisotopic (exact) mass is 437 g/mol. The maximum Gasteiger partial charge on any atom is 0.254 e. The first kappa shape index (κ1) is 22.0. The largest absolute Gasteiger partial charge is 0.394 e. The van der Waals surface area contributed by atoms with Crippen LogP contribution in [0.25, 0.3) is 22.3 Å². The van der Waals surface area contributed by atoms with Crippen molar-refractivity contribution in [3.63, 3.8) is 0 Å². The molecule has 1 aliphatic carbocycles. The van der Waals surface area contributed by atoms with E-state index in [0.29, 0.717) is 11.4 Å². The van der Waals surface area contributed by atoms with Gasteiger partial charge in [0.2, 0.25) is 0 Å². The quantitative estimate of drug-likeness (QED) is 0.593. The number of aliphatic hydroxyl groups excluding tert-OH is 1. The molecule has 2 N–H and O–H groups in total. The summed E-state index contributed by atoms with van der Waals surface area (Å²) in [6.07, 6.45) is 7.25. The molecule has 1 aliphatic rings. The van der Waals surface area contributed by atoms with Gasteiger partial charge < -0.3 is 15.3 Å². The van der Waals surface area contributed by atoms with Crippen molar-refractivity contribution in [2.45, 2.75) is 38.8 Å². The summed E-state index contributed by atoms with van der Waals surface area (Å²) < 4.78 is 16.3. The van der Waals surface area contributed by atoms with Gasteiger partial charge in [0.15, 0.2) is 0 Å². The van der Waals surface area contributed by atoms with E-state index in [-0.39, 0.29) is 30.2 Å². The number of amides is 1. The van der Waals surface area contributed by atoms with Crippen molar-refractivity contribution < 1.29 is 14.3 Å². The minimum absolute atomic E-state index is 0.0110. The minimum atomic E-state index is -0.530. The normalized spacial score (nSPS) is 14.3. The molecule has 1 atom stereocenters. The number of carbonyl (C=O) groups is 1. The van der Waals surface area contributed by atoms with Crippen molar-refractivity contribution in [2.24, 2.45) is 7.05 Å². The van der Waals surface area contributed by atoms with Gasteiger partial charge in [0.05, 0.1) is 24.4 Å². The van der Waals surface area contributed by atoms with Crippen LogP contribution in [-0.2, 0) is 7.05 Å². The zero-order chi connectivity index (χ0) is 23.0. The molecule has 0 unspecified atom stereocenters. The fourth-order valence-corrected chi connectivity index (χ4v) is 3.64. The highest BCUT2D eigenvalue weighted by Crippen LogP contribution is 2.35. The molecule has 168 valence electrons. The summed E-state index contributed by atoms with van der Waals surface area (Å²) in [4.78, 5) is 19.1. The van der Waals surface area contributed by atoms with Gasteiger partial charge >= 0.3 is 0 Å². The van der Waals surface area contributed by atoms with Gasteiger partial charge in [-0.1, -0.05) is 0 Å². The Morgan fingerprint density at radius 2 is 2.03 bits per heavy atom. The molecule has 2 heterocycles. The van der Waals surface area contributed by atoms with Crippen LogP contribution in [0.4, 0.5) is 10.2 Å². The molecule has 0 bridgehead atoms. The van der Waals surface area contributed by atoms with Crippen LogP contribution in [0.2, 0.25) is 0 Å². The second-order valence-electron chi connectivity index (χ2n) is 8.54.